The van der Waals surface area contributed by atoms with Crippen molar-refractivity contribution in [1.29, 1.82) is 0 Å². The van der Waals surface area contributed by atoms with Gasteiger partial charge in [0.05, 0.1) is 13.7 Å². The standard InChI is InChI=1S/C6H9NO4.C3H4O2/c1-4(5(8)11-2)3-7-6(9)10;1-2-3(4)5/h7H,1,3H2,2H3,(H,9,10);2H,1H2,(H,4,5). The molecular weight excluding hydrogens is 218 g/mol. The van der Waals surface area contributed by atoms with Crippen molar-refractivity contribution in [3.63, 3.8) is 0 Å². The lowest BCUT2D eigenvalue weighted by Gasteiger charge is -2.01. The molecule has 0 aromatic heterocycles. The molecule has 0 aliphatic heterocycles. The molecule has 0 saturated heterocycles. The van der Waals surface area contributed by atoms with E-state index in [1.165, 1.54) is 7.11 Å². The van der Waals surface area contributed by atoms with Gasteiger partial charge in [0.15, 0.2) is 0 Å². The fraction of sp³-hybridized carbons (Fsp3) is 0.222. The van der Waals surface area contributed by atoms with Crippen LogP contribution >= 0.6 is 0 Å². The number of ether oxygens (including phenoxy) is 1. The lowest BCUT2D eigenvalue weighted by Crippen LogP contribution is -2.25. The Morgan fingerprint density at radius 3 is 2.06 bits per heavy atom. The predicted molar refractivity (Wildman–Crippen MR) is 55.0 cm³/mol. The van der Waals surface area contributed by atoms with Crippen LogP contribution in [0.1, 0.15) is 0 Å². The zero-order valence-electron chi connectivity index (χ0n) is 8.73. The number of esters is 1. The summed E-state index contributed by atoms with van der Waals surface area (Å²) in [4.78, 5) is 29.7. The van der Waals surface area contributed by atoms with E-state index in [9.17, 15) is 14.4 Å². The van der Waals surface area contributed by atoms with E-state index < -0.39 is 18.0 Å². The van der Waals surface area contributed by atoms with E-state index in [4.69, 9.17) is 10.2 Å². The molecule has 0 radical (unpaired) electrons. The molecule has 0 unspecified atom stereocenters. The molecule has 3 N–H and O–H groups in total. The Morgan fingerprint density at radius 2 is 1.81 bits per heavy atom. The SMILES string of the molecule is C=C(CNC(=O)O)C(=O)OC.C=CC(=O)O. The second-order valence-corrected chi connectivity index (χ2v) is 2.30. The first-order valence-corrected chi connectivity index (χ1v) is 3.93. The van der Waals surface area contributed by atoms with Gasteiger partial charge in [-0.25, -0.2) is 14.4 Å². The Labute approximate surface area is 92.0 Å². The Balaban J connectivity index is 0. The molecule has 0 heterocycles. The largest absolute Gasteiger partial charge is 0.478 e. The number of carbonyl (C=O) groups is 3. The third kappa shape index (κ3) is 11.7. The molecule has 0 bridgehead atoms. The molecule has 0 atom stereocenters. The fourth-order valence-electron chi connectivity index (χ4n) is 0.399. The van der Waals surface area contributed by atoms with Crippen molar-refractivity contribution in [2.24, 2.45) is 0 Å². The number of carbonyl (C=O) groups excluding carboxylic acids is 1. The number of carboxylic acid groups (broad SMARTS) is 2. The zero-order chi connectivity index (χ0) is 13.1. The normalized spacial score (nSPS) is 7.81. The van der Waals surface area contributed by atoms with Crippen LogP contribution in [0.3, 0.4) is 0 Å². The number of hydrogen-bond donors (Lipinski definition) is 3. The zero-order valence-corrected chi connectivity index (χ0v) is 8.73. The lowest BCUT2D eigenvalue weighted by molar-refractivity contribution is -0.136. The van der Waals surface area contributed by atoms with Crippen molar-refractivity contribution in [2.45, 2.75) is 0 Å². The Morgan fingerprint density at radius 1 is 1.38 bits per heavy atom. The molecule has 0 aromatic carbocycles. The number of carboxylic acids is 1. The van der Waals surface area contributed by atoms with Crippen LogP contribution in [-0.2, 0) is 14.3 Å². The summed E-state index contributed by atoms with van der Waals surface area (Å²) in [5, 5.41) is 17.7. The molecule has 0 aromatic rings. The van der Waals surface area contributed by atoms with Gasteiger partial charge in [-0.3, -0.25) is 0 Å². The first-order chi connectivity index (χ1) is 7.34. The van der Waals surface area contributed by atoms with Gasteiger partial charge in [-0.05, 0) is 0 Å². The molecule has 0 spiro atoms. The van der Waals surface area contributed by atoms with Crippen LogP contribution in [0, 0.1) is 0 Å². The second kappa shape index (κ2) is 9.25. The van der Waals surface area contributed by atoms with Crippen molar-refractivity contribution in [3.8, 4) is 0 Å². The van der Waals surface area contributed by atoms with Gasteiger partial charge < -0.3 is 20.3 Å². The van der Waals surface area contributed by atoms with E-state index in [2.05, 4.69) is 17.9 Å². The summed E-state index contributed by atoms with van der Waals surface area (Å²) in [6.45, 7) is 6.15. The van der Waals surface area contributed by atoms with Gasteiger partial charge in [0.25, 0.3) is 0 Å². The van der Waals surface area contributed by atoms with Crippen molar-refractivity contribution in [1.82, 2.24) is 5.32 Å². The molecule has 16 heavy (non-hydrogen) atoms. The van der Waals surface area contributed by atoms with Crippen LogP contribution in [0.5, 0.6) is 0 Å². The minimum absolute atomic E-state index is 0.0786. The van der Waals surface area contributed by atoms with Crippen LogP contribution in [0.2, 0.25) is 0 Å². The minimum Gasteiger partial charge on any atom is -0.478 e. The number of amides is 1. The maximum atomic E-state index is 10.6. The number of rotatable bonds is 4. The summed E-state index contributed by atoms with van der Waals surface area (Å²) in [7, 11) is 1.20. The van der Waals surface area contributed by atoms with Crippen molar-refractivity contribution in [2.75, 3.05) is 13.7 Å². The highest BCUT2D eigenvalue weighted by atomic mass is 16.5. The molecule has 7 heteroatoms. The van der Waals surface area contributed by atoms with Gasteiger partial charge in [-0.2, -0.15) is 0 Å². The summed E-state index contributed by atoms with van der Waals surface area (Å²) in [6, 6.07) is 0. The molecule has 7 nitrogen and oxygen atoms in total. The number of methoxy groups -OCH3 is 1. The number of nitrogens with one attached hydrogen (secondary N) is 1. The van der Waals surface area contributed by atoms with Crippen molar-refractivity contribution >= 4 is 18.0 Å². The van der Waals surface area contributed by atoms with Crippen molar-refractivity contribution in [3.05, 3.63) is 24.8 Å². The quantitative estimate of drug-likeness (QED) is 0.472. The first-order valence-electron chi connectivity index (χ1n) is 3.93. The molecular formula is C9H13NO6. The first kappa shape index (κ1) is 16.1. The molecule has 0 fully saturated rings. The van der Waals surface area contributed by atoms with Crippen LogP contribution in [0.15, 0.2) is 24.8 Å². The summed E-state index contributed by atoms with van der Waals surface area (Å²) in [5.41, 5.74) is 0.0786. The van der Waals surface area contributed by atoms with Gasteiger partial charge in [0.1, 0.15) is 0 Å². The van der Waals surface area contributed by atoms with E-state index >= 15 is 0 Å². The maximum Gasteiger partial charge on any atom is 0.404 e. The number of aliphatic carboxylic acids is 1. The summed E-state index contributed by atoms with van der Waals surface area (Å²) in [6.07, 6.45) is -0.366. The molecule has 1 amide bonds. The van der Waals surface area contributed by atoms with Crippen molar-refractivity contribution < 1.29 is 29.3 Å². The average molecular weight is 231 g/mol. The highest BCUT2D eigenvalue weighted by Crippen LogP contribution is 1.89. The van der Waals surface area contributed by atoms with Gasteiger partial charge in [-0.15, -0.1) is 0 Å². The molecule has 0 aliphatic rings. The smallest absolute Gasteiger partial charge is 0.404 e. The summed E-state index contributed by atoms with van der Waals surface area (Å²) < 4.78 is 4.27. The Bertz CT molecular complexity index is 296. The van der Waals surface area contributed by atoms with Gasteiger partial charge in [0.2, 0.25) is 0 Å². The van der Waals surface area contributed by atoms with E-state index in [0.29, 0.717) is 0 Å². The van der Waals surface area contributed by atoms with E-state index in [-0.39, 0.29) is 12.1 Å². The van der Waals surface area contributed by atoms with E-state index in [1.807, 2.05) is 5.32 Å². The minimum atomic E-state index is -1.20. The third-order valence-corrected chi connectivity index (χ3v) is 1.10. The fourth-order valence-corrected chi connectivity index (χ4v) is 0.399. The second-order valence-electron chi connectivity index (χ2n) is 2.30. The molecule has 0 rings (SSSR count). The molecule has 0 saturated carbocycles. The maximum absolute atomic E-state index is 10.6. The van der Waals surface area contributed by atoms with Crippen LogP contribution in [-0.4, -0.2) is 41.9 Å². The lowest BCUT2D eigenvalue weighted by atomic mass is 10.3. The van der Waals surface area contributed by atoms with Crippen LogP contribution in [0.4, 0.5) is 4.79 Å². The average Bonchev–Trinajstić information content (AvgIpc) is 2.25. The van der Waals surface area contributed by atoms with E-state index in [1.54, 1.807) is 0 Å². The predicted octanol–water partition coefficient (Wildman–Crippen LogP) is 0.240. The number of hydrogen-bond acceptors (Lipinski definition) is 4. The Hall–Kier alpha value is -2.31. The molecule has 90 valence electrons. The van der Waals surface area contributed by atoms with E-state index in [0.717, 1.165) is 6.08 Å². The molecule has 0 aliphatic carbocycles. The van der Waals surface area contributed by atoms with Gasteiger partial charge >= 0.3 is 18.0 Å². The Kier molecular flexibility index (Phi) is 9.33. The van der Waals surface area contributed by atoms with Gasteiger partial charge in [0, 0.05) is 11.6 Å². The van der Waals surface area contributed by atoms with Crippen LogP contribution < -0.4 is 5.32 Å². The highest BCUT2D eigenvalue weighted by Gasteiger charge is 2.06. The monoisotopic (exact) mass is 231 g/mol. The van der Waals surface area contributed by atoms with Crippen LogP contribution in [0.25, 0.3) is 0 Å². The third-order valence-electron chi connectivity index (χ3n) is 1.10. The topological polar surface area (TPSA) is 113 Å². The highest BCUT2D eigenvalue weighted by molar-refractivity contribution is 5.88. The summed E-state index contributed by atoms with van der Waals surface area (Å²) >= 11 is 0. The summed E-state index contributed by atoms with van der Waals surface area (Å²) in [5.74, 6) is -1.59. The van der Waals surface area contributed by atoms with Gasteiger partial charge in [-0.1, -0.05) is 13.2 Å².